The van der Waals surface area contributed by atoms with Crippen LogP contribution in [0, 0.1) is 0 Å². The Balaban J connectivity index is 1.10. The number of piperazine rings is 1. The highest BCUT2D eigenvalue weighted by atomic mass is 16.5. The Kier molecular flexibility index (Phi) is 7.26. The molecule has 7 nitrogen and oxygen atoms in total. The second-order valence-corrected chi connectivity index (χ2v) is 9.03. The van der Waals surface area contributed by atoms with Crippen molar-refractivity contribution in [2.75, 3.05) is 26.2 Å². The monoisotopic (exact) mass is 482 g/mol. The van der Waals surface area contributed by atoms with Crippen molar-refractivity contribution in [1.82, 2.24) is 19.2 Å². The van der Waals surface area contributed by atoms with Crippen molar-refractivity contribution in [3.63, 3.8) is 0 Å². The van der Waals surface area contributed by atoms with Crippen molar-refractivity contribution in [2.24, 2.45) is 0 Å². The van der Waals surface area contributed by atoms with Crippen LogP contribution in [0.3, 0.4) is 0 Å². The van der Waals surface area contributed by atoms with E-state index >= 15 is 0 Å². The first-order chi connectivity index (χ1) is 17.7. The molecule has 184 valence electrons. The molecule has 0 bridgehead atoms. The largest absolute Gasteiger partial charge is 0.487 e. The second-order valence-electron chi connectivity index (χ2n) is 9.03. The summed E-state index contributed by atoms with van der Waals surface area (Å²) in [5.41, 5.74) is 3.53. The van der Waals surface area contributed by atoms with E-state index in [1.807, 2.05) is 75.1 Å². The van der Waals surface area contributed by atoms with Crippen LogP contribution in [-0.4, -0.2) is 57.2 Å². The molecule has 0 atom stereocenters. The highest BCUT2D eigenvalue weighted by molar-refractivity contribution is 5.94. The molecule has 2 aromatic carbocycles. The summed E-state index contributed by atoms with van der Waals surface area (Å²) in [4.78, 5) is 34.0. The Morgan fingerprint density at radius 3 is 2.44 bits per heavy atom. The van der Waals surface area contributed by atoms with Crippen LogP contribution in [0.5, 0.6) is 5.75 Å². The summed E-state index contributed by atoms with van der Waals surface area (Å²) in [5.74, 6) is 0.759. The molecule has 1 fully saturated rings. The fourth-order valence-corrected chi connectivity index (χ4v) is 4.52. The molecule has 0 aliphatic carbocycles. The van der Waals surface area contributed by atoms with E-state index in [9.17, 15) is 9.59 Å². The zero-order valence-electron chi connectivity index (χ0n) is 20.3. The summed E-state index contributed by atoms with van der Waals surface area (Å²) in [6.45, 7) is 2.54. The maximum Gasteiger partial charge on any atom is 0.254 e. The number of pyridine rings is 1. The molecule has 0 radical (unpaired) electrons. The molecular weight excluding hydrogens is 452 g/mol. The quantitative estimate of drug-likeness (QED) is 0.377. The van der Waals surface area contributed by atoms with E-state index in [1.54, 1.807) is 12.1 Å². The Morgan fingerprint density at radius 2 is 1.64 bits per heavy atom. The van der Waals surface area contributed by atoms with Gasteiger partial charge in [-0.15, -0.1) is 0 Å². The van der Waals surface area contributed by atoms with Crippen LogP contribution >= 0.6 is 0 Å². The zero-order chi connectivity index (χ0) is 24.7. The third-order valence-electron chi connectivity index (χ3n) is 6.50. The number of aromatic nitrogens is 2. The SMILES string of the molecule is O=C(CCCc1ccccc1)N1CCN(C(=O)c2cccc(OCc3cn4ccccc4n3)c2)CC1. The second kappa shape index (κ2) is 11.1. The van der Waals surface area contributed by atoms with E-state index in [0.717, 1.165) is 24.2 Å². The minimum Gasteiger partial charge on any atom is -0.487 e. The van der Waals surface area contributed by atoms with Gasteiger partial charge in [0.05, 0.1) is 5.69 Å². The van der Waals surface area contributed by atoms with Crippen LogP contribution in [0.15, 0.2) is 85.2 Å². The van der Waals surface area contributed by atoms with Gasteiger partial charge in [0.25, 0.3) is 5.91 Å². The van der Waals surface area contributed by atoms with Gasteiger partial charge in [-0.05, 0) is 48.7 Å². The van der Waals surface area contributed by atoms with Gasteiger partial charge in [-0.25, -0.2) is 4.98 Å². The number of nitrogens with zero attached hydrogens (tertiary/aromatic N) is 4. The van der Waals surface area contributed by atoms with Crippen molar-refractivity contribution in [2.45, 2.75) is 25.9 Å². The Labute approximate surface area is 210 Å². The third kappa shape index (κ3) is 5.74. The fourth-order valence-electron chi connectivity index (χ4n) is 4.52. The van der Waals surface area contributed by atoms with Crippen LogP contribution < -0.4 is 4.74 Å². The van der Waals surface area contributed by atoms with Gasteiger partial charge in [-0.3, -0.25) is 9.59 Å². The minimum atomic E-state index is -0.0376. The zero-order valence-corrected chi connectivity index (χ0v) is 20.3. The summed E-state index contributed by atoms with van der Waals surface area (Å²) in [5, 5.41) is 0. The number of amides is 2. The van der Waals surface area contributed by atoms with Gasteiger partial charge in [-0.1, -0.05) is 42.5 Å². The van der Waals surface area contributed by atoms with Crippen molar-refractivity contribution in [1.29, 1.82) is 0 Å². The first-order valence-corrected chi connectivity index (χ1v) is 12.4. The summed E-state index contributed by atoms with van der Waals surface area (Å²) in [6.07, 6.45) is 6.16. The summed E-state index contributed by atoms with van der Waals surface area (Å²) < 4.78 is 7.87. The number of imidazole rings is 1. The Hall–Kier alpha value is -4.13. The Bertz CT molecular complexity index is 1290. The summed E-state index contributed by atoms with van der Waals surface area (Å²) in [7, 11) is 0. The van der Waals surface area contributed by atoms with E-state index in [-0.39, 0.29) is 11.8 Å². The summed E-state index contributed by atoms with van der Waals surface area (Å²) >= 11 is 0. The van der Waals surface area contributed by atoms with Gasteiger partial charge in [0.2, 0.25) is 5.91 Å². The number of hydrogen-bond donors (Lipinski definition) is 0. The van der Waals surface area contributed by atoms with Crippen LogP contribution in [0.4, 0.5) is 0 Å². The smallest absolute Gasteiger partial charge is 0.254 e. The van der Waals surface area contributed by atoms with Crippen molar-refractivity contribution in [3.05, 3.63) is 102 Å². The molecule has 2 amide bonds. The number of ether oxygens (including phenoxy) is 1. The molecule has 3 heterocycles. The number of rotatable bonds is 8. The standard InChI is InChI=1S/C29H30N4O3/c34-28(14-6-10-23-8-2-1-3-9-23)31-16-18-32(19-17-31)29(35)24-11-7-12-26(20-24)36-22-25-21-33-15-5-4-13-27(33)30-25/h1-5,7-9,11-13,15,20-21H,6,10,14,16-19,22H2. The lowest BCUT2D eigenvalue weighted by atomic mass is 10.1. The lowest BCUT2D eigenvalue weighted by Gasteiger charge is -2.35. The fraction of sp³-hybridized carbons (Fsp3) is 0.276. The maximum absolute atomic E-state index is 13.1. The van der Waals surface area contributed by atoms with E-state index in [2.05, 4.69) is 17.1 Å². The number of hydrogen-bond acceptors (Lipinski definition) is 4. The van der Waals surface area contributed by atoms with Gasteiger partial charge in [0.15, 0.2) is 0 Å². The minimum absolute atomic E-state index is 0.0376. The van der Waals surface area contributed by atoms with E-state index in [4.69, 9.17) is 4.74 Å². The molecule has 0 spiro atoms. The number of benzene rings is 2. The van der Waals surface area contributed by atoms with Gasteiger partial charge in [-0.2, -0.15) is 0 Å². The molecule has 4 aromatic rings. The predicted molar refractivity (Wildman–Crippen MR) is 138 cm³/mol. The predicted octanol–water partition coefficient (Wildman–Crippen LogP) is 4.22. The average Bonchev–Trinajstić information content (AvgIpc) is 3.35. The topological polar surface area (TPSA) is 67.2 Å². The molecule has 1 aliphatic rings. The van der Waals surface area contributed by atoms with Crippen LogP contribution in [0.1, 0.15) is 34.5 Å². The van der Waals surface area contributed by atoms with Gasteiger partial charge in [0, 0.05) is 50.6 Å². The van der Waals surface area contributed by atoms with Crippen molar-refractivity contribution >= 4 is 17.5 Å². The molecule has 7 heteroatoms. The first kappa shape index (κ1) is 23.6. The van der Waals surface area contributed by atoms with Crippen molar-refractivity contribution in [3.8, 4) is 5.75 Å². The molecule has 2 aromatic heterocycles. The number of fused-ring (bicyclic) bond motifs is 1. The van der Waals surface area contributed by atoms with E-state index in [1.165, 1.54) is 5.56 Å². The van der Waals surface area contributed by atoms with Crippen LogP contribution in [-0.2, 0) is 17.8 Å². The summed E-state index contributed by atoms with van der Waals surface area (Å²) in [6, 6.07) is 23.3. The Morgan fingerprint density at radius 1 is 0.861 bits per heavy atom. The van der Waals surface area contributed by atoms with E-state index in [0.29, 0.717) is 50.5 Å². The molecular formula is C29H30N4O3. The molecule has 1 aliphatic heterocycles. The highest BCUT2D eigenvalue weighted by Gasteiger charge is 2.24. The highest BCUT2D eigenvalue weighted by Crippen LogP contribution is 2.18. The number of aryl methyl sites for hydroxylation is 1. The molecule has 0 unspecified atom stereocenters. The van der Waals surface area contributed by atoms with Crippen molar-refractivity contribution < 1.29 is 14.3 Å². The number of carbonyl (C=O) groups is 2. The lowest BCUT2D eigenvalue weighted by Crippen LogP contribution is -2.50. The number of carbonyl (C=O) groups excluding carboxylic acids is 2. The van der Waals surface area contributed by atoms with Gasteiger partial charge < -0.3 is 18.9 Å². The molecule has 1 saturated heterocycles. The molecule has 5 rings (SSSR count). The van der Waals surface area contributed by atoms with Gasteiger partial charge >= 0.3 is 0 Å². The normalized spacial score (nSPS) is 13.7. The van der Waals surface area contributed by atoms with Gasteiger partial charge in [0.1, 0.15) is 18.0 Å². The average molecular weight is 483 g/mol. The maximum atomic E-state index is 13.1. The molecule has 0 saturated carbocycles. The van der Waals surface area contributed by atoms with Crippen LogP contribution in [0.2, 0.25) is 0 Å². The van der Waals surface area contributed by atoms with Crippen LogP contribution in [0.25, 0.3) is 5.65 Å². The first-order valence-electron chi connectivity index (χ1n) is 12.4. The molecule has 0 N–H and O–H groups in total. The third-order valence-corrected chi connectivity index (χ3v) is 6.50. The van der Waals surface area contributed by atoms with E-state index < -0.39 is 0 Å². The lowest BCUT2D eigenvalue weighted by molar-refractivity contribution is -0.132. The molecule has 36 heavy (non-hydrogen) atoms.